The van der Waals surface area contributed by atoms with Crippen molar-refractivity contribution in [1.82, 2.24) is 4.90 Å². The summed E-state index contributed by atoms with van der Waals surface area (Å²) in [6.07, 6.45) is 0. The van der Waals surface area contributed by atoms with Gasteiger partial charge in [0.2, 0.25) is 0 Å². The largest absolute Gasteiger partial charge is 0.497 e. The molecule has 0 aliphatic carbocycles. The Hall–Kier alpha value is -1.36. The lowest BCUT2D eigenvalue weighted by Gasteiger charge is -2.23. The van der Waals surface area contributed by atoms with Crippen LogP contribution in [0.25, 0.3) is 0 Å². The number of thiophene rings is 1. The van der Waals surface area contributed by atoms with Crippen molar-refractivity contribution >= 4 is 28.7 Å². The number of halogens is 1. The van der Waals surface area contributed by atoms with E-state index in [0.717, 1.165) is 11.3 Å². The number of carbonyl (C=O) groups is 1. The summed E-state index contributed by atoms with van der Waals surface area (Å²) in [4.78, 5) is 15.1. The van der Waals surface area contributed by atoms with E-state index < -0.39 is 0 Å². The fourth-order valence-electron chi connectivity index (χ4n) is 2.05. The summed E-state index contributed by atoms with van der Waals surface area (Å²) in [5, 5.41) is 0. The van der Waals surface area contributed by atoms with Gasteiger partial charge in [-0.1, -0.05) is 23.7 Å². The van der Waals surface area contributed by atoms with Gasteiger partial charge >= 0.3 is 0 Å². The van der Waals surface area contributed by atoms with Gasteiger partial charge in [-0.3, -0.25) is 9.69 Å². The van der Waals surface area contributed by atoms with Crippen molar-refractivity contribution in [2.45, 2.75) is 19.5 Å². The van der Waals surface area contributed by atoms with Crippen LogP contribution >= 0.6 is 22.9 Å². The third kappa shape index (κ3) is 4.06. The highest BCUT2D eigenvalue weighted by molar-refractivity contribution is 7.18. The molecule has 0 N–H and O–H groups in total. The second-order valence-electron chi connectivity index (χ2n) is 4.91. The quantitative estimate of drug-likeness (QED) is 0.749. The molecule has 1 heterocycles. The van der Waals surface area contributed by atoms with Crippen LogP contribution in [0.1, 0.15) is 22.2 Å². The molecule has 2 aromatic rings. The smallest absolute Gasteiger partial charge is 0.189 e. The standard InChI is InChI=1S/C16H18ClNO2S/c1-11(16(19)14-7-8-15(17)21-14)18(2)10-12-5-4-6-13(9-12)20-3/h4-9,11H,10H2,1-3H3. The lowest BCUT2D eigenvalue weighted by molar-refractivity contribution is 0.0866. The fourth-order valence-corrected chi connectivity index (χ4v) is 3.11. The van der Waals surface area contributed by atoms with Crippen molar-refractivity contribution in [2.24, 2.45) is 0 Å². The Morgan fingerprint density at radius 1 is 1.38 bits per heavy atom. The number of Topliss-reactive ketones (excluding diaryl/α,β-unsaturated/α-hetero) is 1. The van der Waals surface area contributed by atoms with E-state index in [1.54, 1.807) is 19.2 Å². The van der Waals surface area contributed by atoms with Crippen LogP contribution in [-0.2, 0) is 6.54 Å². The third-order valence-corrected chi connectivity index (χ3v) is 4.67. The molecule has 0 spiro atoms. The molecule has 1 aromatic heterocycles. The molecule has 0 saturated carbocycles. The Bertz CT molecular complexity index is 626. The first-order valence-electron chi connectivity index (χ1n) is 6.64. The Morgan fingerprint density at radius 3 is 2.76 bits per heavy atom. The number of methoxy groups -OCH3 is 1. The number of hydrogen-bond acceptors (Lipinski definition) is 4. The molecule has 1 unspecified atom stereocenters. The molecule has 0 bridgehead atoms. The van der Waals surface area contributed by atoms with Gasteiger partial charge in [0.15, 0.2) is 5.78 Å². The Kier molecular flexibility index (Phi) is 5.39. The number of benzene rings is 1. The first kappa shape index (κ1) is 16.0. The summed E-state index contributed by atoms with van der Waals surface area (Å²) in [5.74, 6) is 0.919. The Balaban J connectivity index is 2.05. The molecular weight excluding hydrogens is 306 g/mol. The summed E-state index contributed by atoms with van der Waals surface area (Å²) in [7, 11) is 3.59. The average Bonchev–Trinajstić information content (AvgIpc) is 2.92. The summed E-state index contributed by atoms with van der Waals surface area (Å²) >= 11 is 7.21. The van der Waals surface area contributed by atoms with E-state index in [4.69, 9.17) is 16.3 Å². The molecule has 0 aliphatic rings. The van der Waals surface area contributed by atoms with Crippen LogP contribution in [-0.4, -0.2) is 30.9 Å². The van der Waals surface area contributed by atoms with E-state index >= 15 is 0 Å². The molecule has 0 saturated heterocycles. The molecule has 0 aliphatic heterocycles. The molecule has 5 heteroatoms. The lowest BCUT2D eigenvalue weighted by Crippen LogP contribution is -2.35. The zero-order valence-electron chi connectivity index (χ0n) is 12.3. The van der Waals surface area contributed by atoms with E-state index in [9.17, 15) is 4.79 Å². The van der Waals surface area contributed by atoms with Gasteiger partial charge in [0, 0.05) is 6.54 Å². The van der Waals surface area contributed by atoms with Gasteiger partial charge in [-0.15, -0.1) is 11.3 Å². The van der Waals surface area contributed by atoms with E-state index in [-0.39, 0.29) is 11.8 Å². The van der Waals surface area contributed by atoms with Crippen LogP contribution in [0.2, 0.25) is 4.34 Å². The van der Waals surface area contributed by atoms with Gasteiger partial charge in [0.05, 0.1) is 22.4 Å². The van der Waals surface area contributed by atoms with Gasteiger partial charge in [0.25, 0.3) is 0 Å². The van der Waals surface area contributed by atoms with Crippen LogP contribution in [0.3, 0.4) is 0 Å². The maximum Gasteiger partial charge on any atom is 0.189 e. The zero-order chi connectivity index (χ0) is 15.4. The normalized spacial score (nSPS) is 12.4. The van der Waals surface area contributed by atoms with Crippen molar-refractivity contribution in [3.63, 3.8) is 0 Å². The molecule has 2 rings (SSSR count). The van der Waals surface area contributed by atoms with E-state index in [2.05, 4.69) is 0 Å². The number of nitrogens with zero attached hydrogens (tertiary/aromatic N) is 1. The van der Waals surface area contributed by atoms with E-state index in [0.29, 0.717) is 15.8 Å². The Labute approximate surface area is 134 Å². The predicted molar refractivity (Wildman–Crippen MR) is 87.6 cm³/mol. The number of carbonyl (C=O) groups excluding carboxylic acids is 1. The van der Waals surface area contributed by atoms with Crippen molar-refractivity contribution in [1.29, 1.82) is 0 Å². The van der Waals surface area contributed by atoms with E-state index in [1.807, 2.05) is 43.1 Å². The van der Waals surface area contributed by atoms with Crippen LogP contribution in [0.4, 0.5) is 0 Å². The summed E-state index contributed by atoms with van der Waals surface area (Å²) in [5.41, 5.74) is 1.11. The maximum atomic E-state index is 12.4. The summed E-state index contributed by atoms with van der Waals surface area (Å²) < 4.78 is 5.86. The highest BCUT2D eigenvalue weighted by atomic mass is 35.5. The minimum Gasteiger partial charge on any atom is -0.497 e. The number of hydrogen-bond donors (Lipinski definition) is 0. The number of ether oxygens (including phenoxy) is 1. The second kappa shape index (κ2) is 7.07. The molecule has 112 valence electrons. The van der Waals surface area contributed by atoms with Crippen molar-refractivity contribution in [3.8, 4) is 5.75 Å². The number of likely N-dealkylation sites (N-methyl/N-ethyl adjacent to an activating group) is 1. The molecule has 0 fully saturated rings. The zero-order valence-corrected chi connectivity index (χ0v) is 13.9. The summed E-state index contributed by atoms with van der Waals surface area (Å²) in [6, 6.07) is 11.2. The summed E-state index contributed by atoms with van der Waals surface area (Å²) in [6.45, 7) is 2.60. The van der Waals surface area contributed by atoms with Crippen LogP contribution in [0, 0.1) is 0 Å². The molecule has 21 heavy (non-hydrogen) atoms. The average molecular weight is 324 g/mol. The monoisotopic (exact) mass is 323 g/mol. The highest BCUT2D eigenvalue weighted by Crippen LogP contribution is 2.24. The first-order chi connectivity index (χ1) is 10.0. The molecule has 1 atom stereocenters. The molecule has 0 radical (unpaired) electrons. The first-order valence-corrected chi connectivity index (χ1v) is 7.83. The molecular formula is C16H18ClNO2S. The Morgan fingerprint density at radius 2 is 2.14 bits per heavy atom. The van der Waals surface area contributed by atoms with E-state index in [1.165, 1.54) is 11.3 Å². The van der Waals surface area contributed by atoms with Gasteiger partial charge < -0.3 is 4.74 Å². The fraction of sp³-hybridized carbons (Fsp3) is 0.312. The van der Waals surface area contributed by atoms with Crippen molar-refractivity contribution < 1.29 is 9.53 Å². The van der Waals surface area contributed by atoms with Crippen LogP contribution < -0.4 is 4.74 Å². The number of ketones is 1. The van der Waals surface area contributed by atoms with Gasteiger partial charge in [-0.05, 0) is 43.8 Å². The maximum absolute atomic E-state index is 12.4. The molecule has 1 aromatic carbocycles. The minimum absolute atomic E-state index is 0.0947. The van der Waals surface area contributed by atoms with Gasteiger partial charge in [0.1, 0.15) is 5.75 Å². The SMILES string of the molecule is COc1cccc(CN(C)C(C)C(=O)c2ccc(Cl)s2)c1. The van der Waals surface area contributed by atoms with Crippen LogP contribution in [0.15, 0.2) is 36.4 Å². The topological polar surface area (TPSA) is 29.5 Å². The highest BCUT2D eigenvalue weighted by Gasteiger charge is 2.21. The number of rotatable bonds is 6. The third-order valence-electron chi connectivity index (χ3n) is 3.42. The van der Waals surface area contributed by atoms with Gasteiger partial charge in [-0.2, -0.15) is 0 Å². The molecule has 3 nitrogen and oxygen atoms in total. The van der Waals surface area contributed by atoms with Gasteiger partial charge in [-0.25, -0.2) is 0 Å². The van der Waals surface area contributed by atoms with Crippen LogP contribution in [0.5, 0.6) is 5.75 Å². The lowest BCUT2D eigenvalue weighted by atomic mass is 10.1. The van der Waals surface area contributed by atoms with Crippen molar-refractivity contribution in [3.05, 3.63) is 51.2 Å². The second-order valence-corrected chi connectivity index (χ2v) is 6.63. The van der Waals surface area contributed by atoms with Crippen molar-refractivity contribution in [2.75, 3.05) is 14.2 Å². The molecule has 0 amide bonds. The predicted octanol–water partition coefficient (Wildman–Crippen LogP) is 4.11. The minimum atomic E-state index is -0.203.